The van der Waals surface area contributed by atoms with Gasteiger partial charge in [0.25, 0.3) is 0 Å². The molecule has 0 atom stereocenters. The molecule has 6 aromatic heterocycles. The number of benzene rings is 8. The van der Waals surface area contributed by atoms with Crippen molar-refractivity contribution in [2.75, 3.05) is 0 Å². The highest BCUT2D eigenvalue weighted by Gasteiger charge is 2.24. The normalized spacial score (nSPS) is 12.3. The summed E-state index contributed by atoms with van der Waals surface area (Å²) in [6.45, 7) is 4.60. The minimum atomic E-state index is 0.842. The van der Waals surface area contributed by atoms with E-state index in [2.05, 4.69) is 172 Å². The summed E-state index contributed by atoms with van der Waals surface area (Å²) in [6, 6.07) is 56.5. The van der Waals surface area contributed by atoms with Gasteiger partial charge in [-0.2, -0.15) is 0 Å². The lowest BCUT2D eigenvalue weighted by Gasteiger charge is -2.07. The van der Waals surface area contributed by atoms with Crippen LogP contribution in [0, 0.1) is 0 Å². The third kappa shape index (κ3) is 6.24. The van der Waals surface area contributed by atoms with Crippen LogP contribution in [0.15, 0.2) is 175 Å². The number of unbranched alkanes of at least 4 members (excludes halogenated alkanes) is 2. The summed E-state index contributed by atoms with van der Waals surface area (Å²) in [7, 11) is 0. The zero-order chi connectivity index (χ0) is 45.0. The first-order chi connectivity index (χ1) is 33.6. The molecule has 4 nitrogen and oxygen atoms in total. The Morgan fingerprint density at radius 1 is 0.309 bits per heavy atom. The molecule has 14 rings (SSSR count). The van der Waals surface area contributed by atoms with Gasteiger partial charge in [-0.05, 0) is 143 Å². The summed E-state index contributed by atoms with van der Waals surface area (Å²) < 4.78 is 28.8. The SMILES string of the molecule is CCCCc1c(-c2ccc3oc4cc5oc6ccc(-c7ccccc7)cc6c5cc4c3c2)sc2c(CCCC)c(-c3ccc4oc5cc6oc7ccc(-c8ccccc8)cc7c6cc5c4c3)sc12. The quantitative estimate of drug-likeness (QED) is 0.137. The maximum absolute atomic E-state index is 6.55. The maximum atomic E-state index is 6.55. The molecule has 14 aromatic rings. The monoisotopic (exact) mass is 916 g/mol. The number of furan rings is 4. The number of hydrogen-bond donors (Lipinski definition) is 0. The molecule has 0 saturated heterocycles. The van der Waals surface area contributed by atoms with E-state index in [0.29, 0.717) is 0 Å². The molecule has 0 radical (unpaired) electrons. The van der Waals surface area contributed by atoms with E-state index in [1.807, 2.05) is 22.7 Å². The summed E-state index contributed by atoms with van der Waals surface area (Å²) in [6.07, 6.45) is 6.64. The Labute approximate surface area is 399 Å². The fourth-order valence-electron chi connectivity index (χ4n) is 10.6. The first-order valence-corrected chi connectivity index (χ1v) is 25.5. The van der Waals surface area contributed by atoms with E-state index < -0.39 is 0 Å². The van der Waals surface area contributed by atoms with Crippen LogP contribution < -0.4 is 0 Å². The molecule has 0 spiro atoms. The van der Waals surface area contributed by atoms with E-state index >= 15 is 0 Å². The summed E-state index contributed by atoms with van der Waals surface area (Å²) in [4.78, 5) is 2.76. The van der Waals surface area contributed by atoms with Crippen molar-refractivity contribution in [3.63, 3.8) is 0 Å². The van der Waals surface area contributed by atoms with Gasteiger partial charge in [0.2, 0.25) is 0 Å². The fraction of sp³-hybridized carbons (Fsp3) is 0.129. The van der Waals surface area contributed by atoms with Crippen molar-refractivity contribution in [3.05, 3.63) is 169 Å². The largest absolute Gasteiger partial charge is 0.456 e. The van der Waals surface area contributed by atoms with Crippen molar-refractivity contribution in [1.29, 1.82) is 0 Å². The van der Waals surface area contributed by atoms with Gasteiger partial charge in [-0.25, -0.2) is 0 Å². The van der Waals surface area contributed by atoms with E-state index in [1.54, 1.807) is 0 Å². The van der Waals surface area contributed by atoms with Crippen LogP contribution in [0.3, 0.4) is 0 Å². The molecular weight excluding hydrogens is 873 g/mol. The van der Waals surface area contributed by atoms with Crippen LogP contribution in [0.4, 0.5) is 0 Å². The van der Waals surface area contributed by atoms with Gasteiger partial charge in [-0.15, -0.1) is 22.7 Å². The molecule has 68 heavy (non-hydrogen) atoms. The van der Waals surface area contributed by atoms with Crippen LogP contribution in [0.25, 0.3) is 140 Å². The van der Waals surface area contributed by atoms with Crippen molar-refractivity contribution < 1.29 is 17.7 Å². The Hall–Kier alpha value is -7.38. The van der Waals surface area contributed by atoms with Gasteiger partial charge in [0, 0.05) is 74.4 Å². The number of aryl methyl sites for hydroxylation is 2. The second-order valence-electron chi connectivity index (χ2n) is 18.4. The second-order valence-corrected chi connectivity index (χ2v) is 20.4. The predicted octanol–water partition coefficient (Wildman–Crippen LogP) is 19.9. The molecule has 0 bridgehead atoms. The zero-order valence-corrected chi connectivity index (χ0v) is 39.3. The lowest BCUT2D eigenvalue weighted by atomic mass is 10.00. The molecule has 0 unspecified atom stereocenters. The molecule has 328 valence electrons. The highest BCUT2D eigenvalue weighted by Crippen LogP contribution is 2.51. The topological polar surface area (TPSA) is 52.6 Å². The number of rotatable bonds is 10. The number of thiophene rings is 2. The molecular formula is C62H44O4S2. The lowest BCUT2D eigenvalue weighted by Crippen LogP contribution is -1.86. The van der Waals surface area contributed by atoms with Crippen molar-refractivity contribution in [2.45, 2.75) is 52.4 Å². The van der Waals surface area contributed by atoms with Crippen molar-refractivity contribution >= 4 is 120 Å². The van der Waals surface area contributed by atoms with Crippen molar-refractivity contribution in [1.82, 2.24) is 0 Å². The summed E-state index contributed by atoms with van der Waals surface area (Å²) in [5.41, 5.74) is 17.1. The highest BCUT2D eigenvalue weighted by molar-refractivity contribution is 7.31. The van der Waals surface area contributed by atoms with E-state index in [9.17, 15) is 0 Å². The predicted molar refractivity (Wildman–Crippen MR) is 288 cm³/mol. The molecule has 0 aliphatic heterocycles. The molecule has 0 saturated carbocycles. The molecule has 0 aliphatic rings. The first kappa shape index (κ1) is 39.8. The summed E-state index contributed by atoms with van der Waals surface area (Å²) in [5.74, 6) is 0. The average molecular weight is 917 g/mol. The van der Waals surface area contributed by atoms with Gasteiger partial charge in [0.15, 0.2) is 0 Å². The molecule has 0 aliphatic carbocycles. The third-order valence-electron chi connectivity index (χ3n) is 14.1. The van der Waals surface area contributed by atoms with Gasteiger partial charge < -0.3 is 17.7 Å². The number of hydrogen-bond acceptors (Lipinski definition) is 6. The molecule has 0 N–H and O–H groups in total. The van der Waals surface area contributed by atoms with Crippen molar-refractivity contribution in [2.24, 2.45) is 0 Å². The van der Waals surface area contributed by atoms with Crippen LogP contribution in [-0.2, 0) is 12.8 Å². The highest BCUT2D eigenvalue weighted by atomic mass is 32.1. The van der Waals surface area contributed by atoms with E-state index in [0.717, 1.165) is 126 Å². The van der Waals surface area contributed by atoms with Crippen LogP contribution in [0.1, 0.15) is 50.7 Å². The van der Waals surface area contributed by atoms with E-state index in [-0.39, 0.29) is 0 Å². The van der Waals surface area contributed by atoms with Crippen LogP contribution in [0.2, 0.25) is 0 Å². The molecule has 0 fully saturated rings. The average Bonchev–Trinajstić information content (AvgIpc) is 4.23. The smallest absolute Gasteiger partial charge is 0.139 e. The Kier molecular flexibility index (Phi) is 9.12. The molecule has 6 heterocycles. The van der Waals surface area contributed by atoms with Gasteiger partial charge in [0.1, 0.15) is 44.7 Å². The van der Waals surface area contributed by atoms with Crippen LogP contribution in [-0.4, -0.2) is 0 Å². The van der Waals surface area contributed by atoms with Gasteiger partial charge >= 0.3 is 0 Å². The minimum absolute atomic E-state index is 0.842. The fourth-order valence-corrected chi connectivity index (χ4v) is 13.7. The Morgan fingerprint density at radius 3 is 0.985 bits per heavy atom. The molecule has 0 amide bonds. The molecule has 6 heteroatoms. The number of fused-ring (bicyclic) bond motifs is 13. The Morgan fingerprint density at radius 2 is 0.632 bits per heavy atom. The second kappa shape index (κ2) is 15.6. The van der Waals surface area contributed by atoms with Gasteiger partial charge in [0.05, 0.1) is 0 Å². The summed E-state index contributed by atoms with van der Waals surface area (Å²) in [5, 5.41) is 8.94. The maximum Gasteiger partial charge on any atom is 0.139 e. The third-order valence-corrected chi connectivity index (χ3v) is 16.9. The first-order valence-electron chi connectivity index (χ1n) is 23.9. The standard InChI is InChI=1S/C62H44O4S2/c1-3-5-17-41-59(39-21-25-53-45(29-39)49-31-47-43-27-37(35-13-9-7-10-14-35)19-23-51(43)63-55(47)33-57(49)65-53)67-62-42(18-6-4-2)60(68-61(41)62)40-22-26-54-46(30-40)50-32-48-44-28-38(36-15-11-8-12-16-36)20-24-52(44)64-56(48)34-58(50)66-54/h7-16,19-34H,3-6,17-18H2,1-2H3. The van der Waals surface area contributed by atoms with Gasteiger partial charge in [-0.1, -0.05) is 99.5 Å². The van der Waals surface area contributed by atoms with E-state index in [1.165, 1.54) is 63.7 Å². The Bertz CT molecular complexity index is 4010. The summed E-state index contributed by atoms with van der Waals surface area (Å²) >= 11 is 3.98. The van der Waals surface area contributed by atoms with Gasteiger partial charge in [-0.3, -0.25) is 0 Å². The van der Waals surface area contributed by atoms with Crippen LogP contribution in [0.5, 0.6) is 0 Å². The lowest BCUT2D eigenvalue weighted by molar-refractivity contribution is 0.655. The van der Waals surface area contributed by atoms with Crippen LogP contribution >= 0.6 is 22.7 Å². The van der Waals surface area contributed by atoms with E-state index in [4.69, 9.17) is 17.7 Å². The van der Waals surface area contributed by atoms with Crippen molar-refractivity contribution in [3.8, 4) is 43.1 Å². The zero-order valence-electron chi connectivity index (χ0n) is 37.7. The Balaban J connectivity index is 0.896. The minimum Gasteiger partial charge on any atom is -0.456 e. The molecule has 8 aromatic carbocycles.